The molecule has 0 amide bonds. The summed E-state index contributed by atoms with van der Waals surface area (Å²) in [5.41, 5.74) is 1.35. The standard InChI is InChI=1S/C10H7N3O.C2H6/c1-7-12-13-10(14-7)9-4-2-3-8(5-9)6-11;1-2/h2-5H,1H3;1-2H3. The fraction of sp³-hybridized carbons (Fsp3) is 0.250. The zero-order chi connectivity index (χ0) is 12.0. The number of hydrogen-bond donors (Lipinski definition) is 0. The lowest BCUT2D eigenvalue weighted by molar-refractivity contribution is 0.533. The van der Waals surface area contributed by atoms with Gasteiger partial charge in [-0.3, -0.25) is 0 Å². The van der Waals surface area contributed by atoms with Crippen LogP contribution >= 0.6 is 0 Å². The highest BCUT2D eigenvalue weighted by molar-refractivity contribution is 5.55. The fourth-order valence-electron chi connectivity index (χ4n) is 1.13. The first kappa shape index (κ1) is 11.9. The Hall–Kier alpha value is -2.15. The van der Waals surface area contributed by atoms with Crippen molar-refractivity contribution >= 4 is 0 Å². The maximum atomic E-state index is 8.70. The Morgan fingerprint density at radius 2 is 2.00 bits per heavy atom. The Kier molecular flexibility index (Phi) is 4.22. The number of benzene rings is 1. The van der Waals surface area contributed by atoms with Crippen molar-refractivity contribution in [3.63, 3.8) is 0 Å². The molecule has 0 fully saturated rings. The van der Waals surface area contributed by atoms with E-state index in [4.69, 9.17) is 9.68 Å². The van der Waals surface area contributed by atoms with Crippen LogP contribution in [0.4, 0.5) is 0 Å². The molecule has 0 spiro atoms. The average molecular weight is 215 g/mol. The van der Waals surface area contributed by atoms with E-state index in [0.29, 0.717) is 17.3 Å². The maximum absolute atomic E-state index is 8.70. The SMILES string of the molecule is CC.Cc1nnc(-c2cccc(C#N)c2)o1. The molecule has 0 aliphatic heterocycles. The van der Waals surface area contributed by atoms with Crippen molar-refractivity contribution in [3.8, 4) is 17.5 Å². The van der Waals surface area contributed by atoms with E-state index in [-0.39, 0.29) is 0 Å². The molecule has 16 heavy (non-hydrogen) atoms. The molecule has 0 saturated carbocycles. The van der Waals surface area contributed by atoms with Gasteiger partial charge >= 0.3 is 0 Å². The van der Waals surface area contributed by atoms with Gasteiger partial charge in [-0.25, -0.2) is 0 Å². The third kappa shape index (κ3) is 2.67. The van der Waals surface area contributed by atoms with Crippen molar-refractivity contribution in [1.82, 2.24) is 10.2 Å². The minimum atomic E-state index is 0.444. The molecular weight excluding hydrogens is 202 g/mol. The number of nitriles is 1. The number of hydrogen-bond acceptors (Lipinski definition) is 4. The minimum absolute atomic E-state index is 0.444. The highest BCUT2D eigenvalue weighted by Gasteiger charge is 2.05. The lowest BCUT2D eigenvalue weighted by Crippen LogP contribution is -1.79. The molecular formula is C12H13N3O. The molecule has 2 aromatic rings. The molecule has 1 aromatic carbocycles. The van der Waals surface area contributed by atoms with Crippen molar-refractivity contribution in [2.75, 3.05) is 0 Å². The van der Waals surface area contributed by atoms with Crippen LogP contribution in [0.15, 0.2) is 28.7 Å². The Bertz CT molecular complexity index is 497. The van der Waals surface area contributed by atoms with Gasteiger partial charge in [0.1, 0.15) is 0 Å². The third-order valence-electron chi connectivity index (χ3n) is 1.76. The van der Waals surface area contributed by atoms with E-state index in [2.05, 4.69) is 16.3 Å². The topological polar surface area (TPSA) is 62.7 Å². The molecule has 0 bridgehead atoms. The summed E-state index contributed by atoms with van der Waals surface area (Å²) in [5, 5.41) is 16.3. The van der Waals surface area contributed by atoms with Gasteiger partial charge in [-0.2, -0.15) is 5.26 Å². The Morgan fingerprint density at radius 3 is 2.56 bits per heavy atom. The number of nitrogens with zero attached hydrogens (tertiary/aromatic N) is 3. The molecule has 0 unspecified atom stereocenters. The molecule has 4 nitrogen and oxygen atoms in total. The zero-order valence-corrected chi connectivity index (χ0v) is 9.56. The van der Waals surface area contributed by atoms with E-state index in [1.54, 1.807) is 25.1 Å². The van der Waals surface area contributed by atoms with Crippen LogP contribution in [-0.2, 0) is 0 Å². The van der Waals surface area contributed by atoms with Gasteiger partial charge in [-0.1, -0.05) is 19.9 Å². The normalized spacial score (nSPS) is 8.88. The number of aryl methyl sites for hydroxylation is 1. The fourth-order valence-corrected chi connectivity index (χ4v) is 1.13. The van der Waals surface area contributed by atoms with E-state index >= 15 is 0 Å². The summed E-state index contributed by atoms with van der Waals surface area (Å²) < 4.78 is 5.24. The molecule has 0 aliphatic rings. The summed E-state index contributed by atoms with van der Waals surface area (Å²) in [5.74, 6) is 0.960. The molecule has 0 saturated heterocycles. The molecule has 0 atom stereocenters. The average Bonchev–Trinajstić information content (AvgIpc) is 2.79. The highest BCUT2D eigenvalue weighted by atomic mass is 16.4. The van der Waals surface area contributed by atoms with Crippen molar-refractivity contribution in [3.05, 3.63) is 35.7 Å². The van der Waals surface area contributed by atoms with Crippen LogP contribution < -0.4 is 0 Å². The van der Waals surface area contributed by atoms with Crippen LogP contribution in [0.25, 0.3) is 11.5 Å². The number of aromatic nitrogens is 2. The molecule has 1 heterocycles. The predicted molar refractivity (Wildman–Crippen MR) is 60.5 cm³/mol. The van der Waals surface area contributed by atoms with Crippen LogP contribution in [0, 0.1) is 18.3 Å². The predicted octanol–water partition coefficient (Wildman–Crippen LogP) is 2.94. The van der Waals surface area contributed by atoms with E-state index in [1.807, 2.05) is 19.9 Å². The minimum Gasteiger partial charge on any atom is -0.421 e. The number of rotatable bonds is 1. The van der Waals surface area contributed by atoms with Gasteiger partial charge in [-0.15, -0.1) is 10.2 Å². The molecule has 4 heteroatoms. The molecule has 0 N–H and O–H groups in total. The summed E-state index contributed by atoms with van der Waals surface area (Å²) >= 11 is 0. The lowest BCUT2D eigenvalue weighted by Gasteiger charge is -1.93. The van der Waals surface area contributed by atoms with Crippen LogP contribution in [0.3, 0.4) is 0 Å². The van der Waals surface area contributed by atoms with Gasteiger partial charge < -0.3 is 4.42 Å². The first-order valence-electron chi connectivity index (χ1n) is 5.10. The van der Waals surface area contributed by atoms with Gasteiger partial charge in [0.25, 0.3) is 0 Å². The smallest absolute Gasteiger partial charge is 0.247 e. The summed E-state index contributed by atoms with van der Waals surface area (Å²) in [6, 6.07) is 9.11. The van der Waals surface area contributed by atoms with Crippen molar-refractivity contribution in [2.45, 2.75) is 20.8 Å². The zero-order valence-electron chi connectivity index (χ0n) is 9.56. The molecule has 0 radical (unpaired) electrons. The second-order valence-corrected chi connectivity index (χ2v) is 2.82. The lowest BCUT2D eigenvalue weighted by atomic mass is 10.1. The summed E-state index contributed by atoms with van der Waals surface area (Å²) in [4.78, 5) is 0. The Balaban J connectivity index is 0.000000606. The second-order valence-electron chi connectivity index (χ2n) is 2.82. The van der Waals surface area contributed by atoms with Gasteiger partial charge in [0.05, 0.1) is 11.6 Å². The first-order valence-corrected chi connectivity index (χ1v) is 5.10. The monoisotopic (exact) mass is 215 g/mol. The van der Waals surface area contributed by atoms with Crippen molar-refractivity contribution < 1.29 is 4.42 Å². The van der Waals surface area contributed by atoms with Crippen LogP contribution in [0.2, 0.25) is 0 Å². The molecule has 2 rings (SSSR count). The summed E-state index contributed by atoms with van der Waals surface area (Å²) in [7, 11) is 0. The van der Waals surface area contributed by atoms with Crippen molar-refractivity contribution in [1.29, 1.82) is 5.26 Å². The van der Waals surface area contributed by atoms with E-state index in [9.17, 15) is 0 Å². The van der Waals surface area contributed by atoms with E-state index in [1.165, 1.54) is 0 Å². The van der Waals surface area contributed by atoms with Gasteiger partial charge in [0.15, 0.2) is 0 Å². The first-order chi connectivity index (χ1) is 7.79. The molecule has 0 aliphatic carbocycles. The van der Waals surface area contributed by atoms with Gasteiger partial charge in [0.2, 0.25) is 11.8 Å². The Morgan fingerprint density at radius 1 is 1.25 bits per heavy atom. The second kappa shape index (κ2) is 5.66. The quantitative estimate of drug-likeness (QED) is 0.733. The Labute approximate surface area is 94.5 Å². The van der Waals surface area contributed by atoms with Gasteiger partial charge in [-0.05, 0) is 18.2 Å². The molecule has 1 aromatic heterocycles. The van der Waals surface area contributed by atoms with Crippen LogP contribution in [0.1, 0.15) is 25.3 Å². The van der Waals surface area contributed by atoms with Crippen LogP contribution in [-0.4, -0.2) is 10.2 Å². The van der Waals surface area contributed by atoms with Gasteiger partial charge in [0, 0.05) is 12.5 Å². The van der Waals surface area contributed by atoms with E-state index in [0.717, 1.165) is 5.56 Å². The third-order valence-corrected chi connectivity index (χ3v) is 1.76. The molecule has 82 valence electrons. The maximum Gasteiger partial charge on any atom is 0.247 e. The summed E-state index contributed by atoms with van der Waals surface area (Å²) in [6.07, 6.45) is 0. The van der Waals surface area contributed by atoms with E-state index < -0.39 is 0 Å². The summed E-state index contributed by atoms with van der Waals surface area (Å²) in [6.45, 7) is 5.73. The van der Waals surface area contributed by atoms with Crippen LogP contribution in [0.5, 0.6) is 0 Å². The highest BCUT2D eigenvalue weighted by Crippen LogP contribution is 2.18. The van der Waals surface area contributed by atoms with Crippen molar-refractivity contribution in [2.24, 2.45) is 0 Å². The largest absolute Gasteiger partial charge is 0.421 e.